The molecule has 5 nitrogen and oxygen atoms in total. The smallest absolute Gasteiger partial charge is 0.342 e. The summed E-state index contributed by atoms with van der Waals surface area (Å²) in [6.45, 7) is 1.41. The van der Waals surface area contributed by atoms with Gasteiger partial charge in [-0.2, -0.15) is 0 Å². The number of anilines is 1. The van der Waals surface area contributed by atoms with Gasteiger partial charge >= 0.3 is 5.97 Å². The fraction of sp³-hybridized carbons (Fsp3) is 0.100. The lowest BCUT2D eigenvalue weighted by atomic mass is 10.1. The van der Waals surface area contributed by atoms with E-state index >= 15 is 0 Å². The summed E-state index contributed by atoms with van der Waals surface area (Å²) in [5, 5.41) is 14.7. The van der Waals surface area contributed by atoms with Crippen LogP contribution in [0.25, 0.3) is 10.8 Å². The number of carbonyl (C=O) groups is 2. The molecule has 0 saturated carbocycles. The van der Waals surface area contributed by atoms with E-state index in [-0.39, 0.29) is 27.0 Å². The molecule has 0 aliphatic carbocycles. The van der Waals surface area contributed by atoms with Crippen molar-refractivity contribution in [2.24, 2.45) is 0 Å². The largest absolute Gasteiger partial charge is 0.506 e. The number of aromatic hydroxyl groups is 1. The Balaban J connectivity index is 1.76. The van der Waals surface area contributed by atoms with E-state index in [0.717, 1.165) is 5.39 Å². The maximum Gasteiger partial charge on any atom is 0.342 e. The van der Waals surface area contributed by atoms with Crippen molar-refractivity contribution in [2.45, 2.75) is 13.0 Å². The van der Waals surface area contributed by atoms with Crippen LogP contribution in [0.3, 0.4) is 0 Å². The molecule has 0 unspecified atom stereocenters. The van der Waals surface area contributed by atoms with Crippen molar-refractivity contribution in [2.75, 3.05) is 5.32 Å². The van der Waals surface area contributed by atoms with Crippen LogP contribution in [0, 0.1) is 0 Å². The van der Waals surface area contributed by atoms with E-state index in [1.807, 2.05) is 12.1 Å². The Kier molecular flexibility index (Phi) is 5.54. The number of carbonyl (C=O) groups excluding carboxylic acids is 2. The molecule has 138 valence electrons. The second kappa shape index (κ2) is 7.86. The lowest BCUT2D eigenvalue weighted by Crippen LogP contribution is -2.30. The predicted molar refractivity (Wildman–Crippen MR) is 106 cm³/mol. The summed E-state index contributed by atoms with van der Waals surface area (Å²) >= 11 is 12.0. The van der Waals surface area contributed by atoms with Crippen LogP contribution < -0.4 is 5.32 Å². The number of halogens is 2. The zero-order valence-electron chi connectivity index (χ0n) is 14.2. The number of esters is 1. The second-order valence-corrected chi connectivity index (χ2v) is 6.63. The van der Waals surface area contributed by atoms with Gasteiger partial charge in [0.1, 0.15) is 11.3 Å². The van der Waals surface area contributed by atoms with Gasteiger partial charge in [-0.1, -0.05) is 59.6 Å². The maximum absolute atomic E-state index is 12.4. The van der Waals surface area contributed by atoms with Crippen molar-refractivity contribution >= 4 is 51.5 Å². The molecular formula is C20H15Cl2NO4. The van der Waals surface area contributed by atoms with Crippen LogP contribution in [-0.4, -0.2) is 23.1 Å². The van der Waals surface area contributed by atoms with E-state index < -0.39 is 18.0 Å². The van der Waals surface area contributed by atoms with Gasteiger partial charge in [-0.25, -0.2) is 4.79 Å². The molecule has 0 fully saturated rings. The van der Waals surface area contributed by atoms with E-state index in [4.69, 9.17) is 27.9 Å². The molecule has 0 aliphatic rings. The van der Waals surface area contributed by atoms with Gasteiger partial charge < -0.3 is 15.2 Å². The molecule has 1 atom stereocenters. The van der Waals surface area contributed by atoms with Gasteiger partial charge in [-0.05, 0) is 30.5 Å². The summed E-state index contributed by atoms with van der Waals surface area (Å²) in [5.74, 6) is -1.61. The number of nitrogens with one attached hydrogen (secondary N) is 1. The van der Waals surface area contributed by atoms with Crippen LogP contribution in [0.15, 0.2) is 54.6 Å². The highest BCUT2D eigenvalue weighted by Gasteiger charge is 2.23. The molecule has 7 heteroatoms. The Morgan fingerprint density at radius 3 is 2.37 bits per heavy atom. The molecule has 0 aromatic heterocycles. The van der Waals surface area contributed by atoms with Crippen LogP contribution in [0.4, 0.5) is 5.69 Å². The lowest BCUT2D eigenvalue weighted by Gasteiger charge is -2.15. The van der Waals surface area contributed by atoms with Crippen molar-refractivity contribution in [3.63, 3.8) is 0 Å². The van der Waals surface area contributed by atoms with Crippen molar-refractivity contribution in [1.82, 2.24) is 0 Å². The SMILES string of the molecule is C[C@H](OC(=O)c1ccc2ccccc2c1O)C(=O)Nc1c(Cl)cccc1Cl. The first-order valence-electron chi connectivity index (χ1n) is 8.05. The van der Waals surface area contributed by atoms with Crippen molar-refractivity contribution in [1.29, 1.82) is 0 Å². The average molecular weight is 404 g/mol. The Morgan fingerprint density at radius 1 is 1.00 bits per heavy atom. The molecule has 0 saturated heterocycles. The highest BCUT2D eigenvalue weighted by atomic mass is 35.5. The molecule has 0 bridgehead atoms. The van der Waals surface area contributed by atoms with Crippen LogP contribution >= 0.6 is 23.2 Å². The fourth-order valence-electron chi connectivity index (χ4n) is 2.54. The number of phenols is 1. The van der Waals surface area contributed by atoms with Crippen LogP contribution in [-0.2, 0) is 9.53 Å². The molecule has 0 aliphatic heterocycles. The van der Waals surface area contributed by atoms with Gasteiger partial charge in [0, 0.05) is 5.39 Å². The van der Waals surface area contributed by atoms with Crippen molar-refractivity contribution in [3.05, 3.63) is 70.2 Å². The highest BCUT2D eigenvalue weighted by molar-refractivity contribution is 6.39. The number of rotatable bonds is 4. The number of para-hydroxylation sites is 1. The topological polar surface area (TPSA) is 75.6 Å². The molecular weight excluding hydrogens is 389 g/mol. The number of phenolic OH excluding ortho intramolecular Hbond substituents is 1. The minimum absolute atomic E-state index is 0.0240. The summed E-state index contributed by atoms with van der Waals surface area (Å²) in [6, 6.07) is 15.0. The van der Waals surface area contributed by atoms with Gasteiger partial charge in [0.05, 0.1) is 15.7 Å². The molecule has 0 radical (unpaired) electrons. The second-order valence-electron chi connectivity index (χ2n) is 5.82. The van der Waals surface area contributed by atoms with Crippen molar-refractivity contribution < 1.29 is 19.4 Å². The van der Waals surface area contributed by atoms with Crippen molar-refractivity contribution in [3.8, 4) is 5.75 Å². The summed E-state index contributed by atoms with van der Waals surface area (Å²) in [5.41, 5.74) is 0.214. The quantitative estimate of drug-likeness (QED) is 0.598. The molecule has 1 amide bonds. The highest BCUT2D eigenvalue weighted by Crippen LogP contribution is 2.31. The minimum Gasteiger partial charge on any atom is -0.506 e. The first-order valence-corrected chi connectivity index (χ1v) is 8.80. The third kappa shape index (κ3) is 3.99. The van der Waals surface area contributed by atoms with E-state index in [0.29, 0.717) is 5.39 Å². The zero-order valence-corrected chi connectivity index (χ0v) is 15.7. The number of amides is 1. The van der Waals surface area contributed by atoms with E-state index in [2.05, 4.69) is 5.32 Å². The Hall–Kier alpha value is -2.76. The summed E-state index contributed by atoms with van der Waals surface area (Å²) < 4.78 is 5.18. The van der Waals surface area contributed by atoms with Gasteiger partial charge in [-0.3, -0.25) is 4.79 Å². The molecule has 3 aromatic carbocycles. The molecule has 3 aromatic rings. The van der Waals surface area contributed by atoms with E-state index in [1.165, 1.54) is 13.0 Å². The first-order chi connectivity index (χ1) is 12.9. The predicted octanol–water partition coefficient (Wildman–Crippen LogP) is 5.04. The standard InChI is InChI=1S/C20H15Cl2NO4/c1-11(19(25)23-17-15(21)7-4-8-16(17)22)27-20(26)14-10-9-12-5-2-3-6-13(12)18(14)24/h2-11,24H,1H3,(H,23,25)/t11-/m0/s1. The summed E-state index contributed by atoms with van der Waals surface area (Å²) in [4.78, 5) is 24.7. The summed E-state index contributed by atoms with van der Waals surface area (Å²) in [7, 11) is 0. The molecule has 3 rings (SSSR count). The van der Waals surface area contributed by atoms with E-state index in [1.54, 1.807) is 36.4 Å². The van der Waals surface area contributed by atoms with Crippen LogP contribution in [0.5, 0.6) is 5.75 Å². The van der Waals surface area contributed by atoms with E-state index in [9.17, 15) is 14.7 Å². The first kappa shape index (κ1) is 19.0. The third-order valence-electron chi connectivity index (χ3n) is 3.98. The molecule has 0 heterocycles. The number of ether oxygens (including phenoxy) is 1. The Labute approximate surface area is 165 Å². The van der Waals surface area contributed by atoms with Gasteiger partial charge in [0.25, 0.3) is 5.91 Å². The van der Waals surface area contributed by atoms with Gasteiger partial charge in [-0.15, -0.1) is 0 Å². The number of hydrogen-bond donors (Lipinski definition) is 2. The van der Waals surface area contributed by atoms with Crippen LogP contribution in [0.2, 0.25) is 10.0 Å². The molecule has 2 N–H and O–H groups in total. The van der Waals surface area contributed by atoms with Gasteiger partial charge in [0.2, 0.25) is 0 Å². The average Bonchev–Trinajstić information content (AvgIpc) is 2.65. The monoisotopic (exact) mass is 403 g/mol. The minimum atomic E-state index is -1.13. The third-order valence-corrected chi connectivity index (χ3v) is 4.61. The van der Waals surface area contributed by atoms with Crippen LogP contribution in [0.1, 0.15) is 17.3 Å². The maximum atomic E-state index is 12.4. The zero-order chi connectivity index (χ0) is 19.6. The number of hydrogen-bond acceptors (Lipinski definition) is 4. The fourth-order valence-corrected chi connectivity index (χ4v) is 3.03. The van der Waals surface area contributed by atoms with Gasteiger partial charge in [0.15, 0.2) is 6.10 Å². The lowest BCUT2D eigenvalue weighted by molar-refractivity contribution is -0.123. The number of benzene rings is 3. The Morgan fingerprint density at radius 2 is 1.67 bits per heavy atom. The Bertz CT molecular complexity index is 1020. The number of fused-ring (bicyclic) bond motifs is 1. The summed E-state index contributed by atoms with van der Waals surface area (Å²) in [6.07, 6.45) is -1.13. The molecule has 27 heavy (non-hydrogen) atoms. The normalized spacial score (nSPS) is 11.8. The molecule has 0 spiro atoms.